The lowest BCUT2D eigenvalue weighted by Crippen LogP contribution is -2.19. The Bertz CT molecular complexity index is 543. The fraction of sp³-hybridized carbons (Fsp3) is 0.579. The molecule has 1 heterocycles. The molecule has 0 saturated heterocycles. The van der Waals surface area contributed by atoms with E-state index in [1.807, 2.05) is 11.3 Å². The van der Waals surface area contributed by atoms with Gasteiger partial charge in [0.05, 0.1) is 0 Å². The fourth-order valence-corrected chi connectivity index (χ4v) is 4.16. The molecule has 1 aromatic heterocycles. The summed E-state index contributed by atoms with van der Waals surface area (Å²) < 4.78 is 1.42. The molecule has 0 spiro atoms. The van der Waals surface area contributed by atoms with Crippen LogP contribution in [0.15, 0.2) is 24.3 Å². The highest BCUT2D eigenvalue weighted by molar-refractivity contribution is 7.19. The lowest BCUT2D eigenvalue weighted by Gasteiger charge is -2.13. The molecule has 1 unspecified atom stereocenters. The van der Waals surface area contributed by atoms with Gasteiger partial charge in [0.1, 0.15) is 0 Å². The van der Waals surface area contributed by atoms with E-state index < -0.39 is 0 Å². The highest BCUT2D eigenvalue weighted by Gasteiger charge is 2.13. The summed E-state index contributed by atoms with van der Waals surface area (Å²) in [5.74, 6) is 0. The predicted octanol–water partition coefficient (Wildman–Crippen LogP) is 6.22. The molecule has 0 aliphatic carbocycles. The molecule has 0 fully saturated rings. The molecule has 1 N–H and O–H groups in total. The van der Waals surface area contributed by atoms with Gasteiger partial charge in [-0.15, -0.1) is 11.3 Å². The van der Waals surface area contributed by atoms with Crippen molar-refractivity contribution in [3.8, 4) is 0 Å². The maximum absolute atomic E-state index is 3.70. The van der Waals surface area contributed by atoms with Crippen LogP contribution in [0, 0.1) is 6.92 Å². The van der Waals surface area contributed by atoms with E-state index in [2.05, 4.69) is 50.4 Å². The summed E-state index contributed by atoms with van der Waals surface area (Å²) in [5.41, 5.74) is 1.46. The van der Waals surface area contributed by atoms with Crippen molar-refractivity contribution in [1.29, 1.82) is 0 Å². The normalized spacial score (nSPS) is 12.9. The van der Waals surface area contributed by atoms with Crippen LogP contribution in [0.5, 0.6) is 0 Å². The summed E-state index contributed by atoms with van der Waals surface area (Å²) in [6, 6.07) is 9.22. The first-order chi connectivity index (χ1) is 10.2. The topological polar surface area (TPSA) is 12.0 Å². The first-order valence-corrected chi connectivity index (χ1v) is 9.27. The van der Waals surface area contributed by atoms with Gasteiger partial charge < -0.3 is 5.32 Å². The van der Waals surface area contributed by atoms with E-state index in [1.165, 1.54) is 59.1 Å². The van der Waals surface area contributed by atoms with Crippen LogP contribution < -0.4 is 5.32 Å². The zero-order valence-corrected chi connectivity index (χ0v) is 14.6. The second kappa shape index (κ2) is 8.55. The van der Waals surface area contributed by atoms with Gasteiger partial charge >= 0.3 is 0 Å². The van der Waals surface area contributed by atoms with Crippen molar-refractivity contribution >= 4 is 21.4 Å². The third-order valence-electron chi connectivity index (χ3n) is 4.25. The molecule has 1 aromatic carbocycles. The quantitative estimate of drug-likeness (QED) is 0.542. The van der Waals surface area contributed by atoms with Crippen molar-refractivity contribution in [1.82, 2.24) is 5.32 Å². The second-order valence-electron chi connectivity index (χ2n) is 6.03. The van der Waals surface area contributed by atoms with Crippen LogP contribution in [0.1, 0.15) is 68.9 Å². The van der Waals surface area contributed by atoms with Gasteiger partial charge in [-0.05, 0) is 43.8 Å². The summed E-state index contributed by atoms with van der Waals surface area (Å²) in [6.07, 6.45) is 8.20. The maximum atomic E-state index is 3.70. The first kappa shape index (κ1) is 16.5. The van der Waals surface area contributed by atoms with E-state index in [4.69, 9.17) is 0 Å². The molecule has 1 nitrogen and oxygen atoms in total. The molecule has 0 aliphatic rings. The van der Waals surface area contributed by atoms with Gasteiger partial charge in [-0.1, -0.05) is 57.2 Å². The van der Waals surface area contributed by atoms with Crippen LogP contribution in [0.3, 0.4) is 0 Å². The summed E-state index contributed by atoms with van der Waals surface area (Å²) in [6.45, 7) is 7.98. The lowest BCUT2D eigenvalue weighted by atomic mass is 10.1. The standard InChI is InChI=1S/C19H29NS/c1-4-5-6-7-8-11-14-20-16(3)19-15(2)17-12-9-10-13-18(17)21-19/h9-10,12-13,16,20H,4-8,11,14H2,1-3H3. The van der Waals surface area contributed by atoms with Gasteiger partial charge in [-0.2, -0.15) is 0 Å². The third-order valence-corrected chi connectivity index (χ3v) is 5.71. The monoisotopic (exact) mass is 303 g/mol. The Hall–Kier alpha value is -0.860. The summed E-state index contributed by atoms with van der Waals surface area (Å²) >= 11 is 1.94. The molecule has 21 heavy (non-hydrogen) atoms. The number of benzene rings is 1. The Morgan fingerprint density at radius 2 is 1.76 bits per heavy atom. The number of hydrogen-bond acceptors (Lipinski definition) is 2. The second-order valence-corrected chi connectivity index (χ2v) is 7.11. The van der Waals surface area contributed by atoms with Gasteiger partial charge in [-0.3, -0.25) is 0 Å². The van der Waals surface area contributed by atoms with Gasteiger partial charge in [0.2, 0.25) is 0 Å². The predicted molar refractivity (Wildman–Crippen MR) is 96.4 cm³/mol. The molecule has 0 aliphatic heterocycles. The van der Waals surface area contributed by atoms with Gasteiger partial charge in [0.15, 0.2) is 0 Å². The molecule has 116 valence electrons. The Balaban J connectivity index is 1.79. The zero-order valence-electron chi connectivity index (χ0n) is 13.7. The van der Waals surface area contributed by atoms with Crippen molar-refractivity contribution in [2.45, 2.75) is 65.3 Å². The fourth-order valence-electron chi connectivity index (χ4n) is 2.92. The number of hydrogen-bond donors (Lipinski definition) is 1. The zero-order chi connectivity index (χ0) is 15.1. The van der Waals surface area contributed by atoms with Crippen molar-refractivity contribution in [2.75, 3.05) is 6.54 Å². The van der Waals surface area contributed by atoms with E-state index in [0.29, 0.717) is 6.04 Å². The molecular weight excluding hydrogens is 274 g/mol. The Labute approximate surface area is 133 Å². The minimum Gasteiger partial charge on any atom is -0.309 e. The average molecular weight is 304 g/mol. The van der Waals surface area contributed by atoms with Crippen molar-refractivity contribution in [2.24, 2.45) is 0 Å². The minimum absolute atomic E-state index is 0.470. The molecule has 0 bridgehead atoms. The van der Waals surface area contributed by atoms with E-state index in [0.717, 1.165) is 6.54 Å². The van der Waals surface area contributed by atoms with Crippen LogP contribution >= 0.6 is 11.3 Å². The highest BCUT2D eigenvalue weighted by atomic mass is 32.1. The Kier molecular flexibility index (Phi) is 6.72. The number of unbranched alkanes of at least 4 members (excludes halogenated alkanes) is 5. The van der Waals surface area contributed by atoms with Crippen molar-refractivity contribution in [3.63, 3.8) is 0 Å². The highest BCUT2D eigenvalue weighted by Crippen LogP contribution is 2.34. The first-order valence-electron chi connectivity index (χ1n) is 8.45. The molecule has 2 rings (SSSR count). The molecule has 2 aromatic rings. The molecular formula is C19H29NS. The van der Waals surface area contributed by atoms with Crippen molar-refractivity contribution < 1.29 is 0 Å². The van der Waals surface area contributed by atoms with Gasteiger partial charge in [-0.25, -0.2) is 0 Å². The molecule has 2 heteroatoms. The minimum atomic E-state index is 0.470. The van der Waals surface area contributed by atoms with Crippen LogP contribution in [0.2, 0.25) is 0 Å². The van der Waals surface area contributed by atoms with Crippen LogP contribution in [0.25, 0.3) is 10.1 Å². The van der Waals surface area contributed by atoms with Gasteiger partial charge in [0.25, 0.3) is 0 Å². The Morgan fingerprint density at radius 3 is 2.52 bits per heavy atom. The molecule has 0 saturated carbocycles. The number of nitrogens with one attached hydrogen (secondary N) is 1. The van der Waals surface area contributed by atoms with E-state index in [9.17, 15) is 0 Å². The van der Waals surface area contributed by atoms with Gasteiger partial charge in [0, 0.05) is 15.6 Å². The van der Waals surface area contributed by atoms with Crippen LogP contribution in [-0.2, 0) is 0 Å². The SMILES string of the molecule is CCCCCCCCNC(C)c1sc2ccccc2c1C. The van der Waals surface area contributed by atoms with E-state index in [-0.39, 0.29) is 0 Å². The maximum Gasteiger partial charge on any atom is 0.0389 e. The largest absolute Gasteiger partial charge is 0.309 e. The molecule has 0 radical (unpaired) electrons. The molecule has 0 amide bonds. The van der Waals surface area contributed by atoms with Crippen LogP contribution in [0.4, 0.5) is 0 Å². The van der Waals surface area contributed by atoms with Crippen LogP contribution in [-0.4, -0.2) is 6.54 Å². The number of thiophene rings is 1. The summed E-state index contributed by atoms with van der Waals surface area (Å²) in [7, 11) is 0. The van der Waals surface area contributed by atoms with E-state index in [1.54, 1.807) is 0 Å². The number of fused-ring (bicyclic) bond motifs is 1. The van der Waals surface area contributed by atoms with E-state index >= 15 is 0 Å². The number of aryl methyl sites for hydroxylation is 1. The van der Waals surface area contributed by atoms with Crippen molar-refractivity contribution in [3.05, 3.63) is 34.7 Å². The summed E-state index contributed by atoms with van der Waals surface area (Å²) in [4.78, 5) is 1.50. The smallest absolute Gasteiger partial charge is 0.0389 e. The lowest BCUT2D eigenvalue weighted by molar-refractivity contribution is 0.530. The molecule has 1 atom stereocenters. The third kappa shape index (κ3) is 4.55. The average Bonchev–Trinajstić information content (AvgIpc) is 2.84. The summed E-state index contributed by atoms with van der Waals surface area (Å²) in [5, 5.41) is 5.12. The Morgan fingerprint density at radius 1 is 1.05 bits per heavy atom. The number of rotatable bonds is 9.